The van der Waals surface area contributed by atoms with Crippen LogP contribution in [-0.2, 0) is 6.42 Å². The highest BCUT2D eigenvalue weighted by Gasteiger charge is 1.99. The van der Waals surface area contributed by atoms with Crippen LogP contribution in [0.3, 0.4) is 0 Å². The van der Waals surface area contributed by atoms with E-state index < -0.39 is 0 Å². The van der Waals surface area contributed by atoms with Crippen LogP contribution in [0.2, 0.25) is 0 Å². The predicted octanol–water partition coefficient (Wildman–Crippen LogP) is 2.98. The minimum Gasteiger partial charge on any atom is -0.261 e. The number of hydrogen-bond donors (Lipinski definition) is 0. The van der Waals surface area contributed by atoms with E-state index in [1.54, 1.807) is 0 Å². The molecule has 0 amide bonds. The Morgan fingerprint density at radius 3 is 2.75 bits per heavy atom. The summed E-state index contributed by atoms with van der Waals surface area (Å²) >= 11 is 0. The van der Waals surface area contributed by atoms with Gasteiger partial charge in [-0.3, -0.25) is 4.98 Å². The summed E-state index contributed by atoms with van der Waals surface area (Å²) < 4.78 is 0. The first kappa shape index (κ1) is 9.24. The maximum atomic E-state index is 4.35. The Balaban J connectivity index is 2.57. The fraction of sp³-hybridized carbons (Fsp3) is 0.545. The van der Waals surface area contributed by atoms with Crippen molar-refractivity contribution >= 4 is 0 Å². The standard InChI is InChI=1S/C11H17N/c1-9(2)6-7-11-10(3)5-4-8-12-11/h4-5,8-9H,6-7H2,1-3H3. The van der Waals surface area contributed by atoms with Gasteiger partial charge in [0.05, 0.1) is 0 Å². The molecule has 1 heterocycles. The van der Waals surface area contributed by atoms with E-state index in [2.05, 4.69) is 31.8 Å². The smallest absolute Gasteiger partial charge is 0.0432 e. The lowest BCUT2D eigenvalue weighted by Gasteiger charge is -2.05. The van der Waals surface area contributed by atoms with Crippen LogP contribution in [-0.4, -0.2) is 4.98 Å². The van der Waals surface area contributed by atoms with Gasteiger partial charge in [0.2, 0.25) is 0 Å². The fourth-order valence-corrected chi connectivity index (χ4v) is 1.21. The van der Waals surface area contributed by atoms with Gasteiger partial charge in [0, 0.05) is 11.9 Å². The second-order valence-corrected chi connectivity index (χ2v) is 3.70. The van der Waals surface area contributed by atoms with Gasteiger partial charge in [0.15, 0.2) is 0 Å². The second kappa shape index (κ2) is 4.24. The van der Waals surface area contributed by atoms with E-state index in [9.17, 15) is 0 Å². The number of aromatic nitrogens is 1. The molecule has 1 aromatic rings. The number of aryl methyl sites for hydroxylation is 2. The molecular weight excluding hydrogens is 146 g/mol. The van der Waals surface area contributed by atoms with Crippen molar-refractivity contribution < 1.29 is 0 Å². The first-order valence-electron chi connectivity index (χ1n) is 4.60. The van der Waals surface area contributed by atoms with E-state index in [-0.39, 0.29) is 0 Å². The zero-order valence-corrected chi connectivity index (χ0v) is 8.17. The molecule has 1 heteroatoms. The van der Waals surface area contributed by atoms with Crippen LogP contribution in [0.15, 0.2) is 18.3 Å². The molecule has 0 fully saturated rings. The summed E-state index contributed by atoms with van der Waals surface area (Å²) in [4.78, 5) is 4.35. The molecule has 0 saturated heterocycles. The third-order valence-electron chi connectivity index (χ3n) is 2.08. The third kappa shape index (κ3) is 2.65. The first-order chi connectivity index (χ1) is 5.70. The van der Waals surface area contributed by atoms with Gasteiger partial charge < -0.3 is 0 Å². The molecule has 0 radical (unpaired) electrons. The predicted molar refractivity (Wildman–Crippen MR) is 52.1 cm³/mol. The van der Waals surface area contributed by atoms with Crippen LogP contribution in [0.5, 0.6) is 0 Å². The van der Waals surface area contributed by atoms with Crippen LogP contribution in [0.1, 0.15) is 31.5 Å². The van der Waals surface area contributed by atoms with E-state index in [0.717, 1.165) is 12.3 Å². The lowest BCUT2D eigenvalue weighted by Crippen LogP contribution is -1.96. The molecular formula is C11H17N. The van der Waals surface area contributed by atoms with Crippen molar-refractivity contribution in [3.8, 4) is 0 Å². The monoisotopic (exact) mass is 163 g/mol. The summed E-state index contributed by atoms with van der Waals surface area (Å²) in [5, 5.41) is 0. The summed E-state index contributed by atoms with van der Waals surface area (Å²) in [6, 6.07) is 4.12. The highest BCUT2D eigenvalue weighted by atomic mass is 14.7. The molecule has 1 rings (SSSR count). The SMILES string of the molecule is Cc1cccnc1CCC(C)C. The van der Waals surface area contributed by atoms with Crippen molar-refractivity contribution in [3.63, 3.8) is 0 Å². The molecule has 1 nitrogen and oxygen atoms in total. The normalized spacial score (nSPS) is 10.7. The Morgan fingerprint density at radius 2 is 2.17 bits per heavy atom. The van der Waals surface area contributed by atoms with E-state index in [0.29, 0.717) is 0 Å². The maximum Gasteiger partial charge on any atom is 0.0432 e. The number of pyridine rings is 1. The highest BCUT2D eigenvalue weighted by Crippen LogP contribution is 2.09. The van der Waals surface area contributed by atoms with Gasteiger partial charge in [-0.15, -0.1) is 0 Å². The van der Waals surface area contributed by atoms with Crippen molar-refractivity contribution in [2.24, 2.45) is 5.92 Å². The zero-order chi connectivity index (χ0) is 8.97. The van der Waals surface area contributed by atoms with E-state index in [1.165, 1.54) is 17.7 Å². The lowest BCUT2D eigenvalue weighted by atomic mass is 10.0. The van der Waals surface area contributed by atoms with Gasteiger partial charge in [-0.25, -0.2) is 0 Å². The van der Waals surface area contributed by atoms with Crippen molar-refractivity contribution in [2.75, 3.05) is 0 Å². The number of rotatable bonds is 3. The van der Waals surface area contributed by atoms with E-state index in [1.807, 2.05) is 12.3 Å². The minimum absolute atomic E-state index is 0.770. The first-order valence-corrected chi connectivity index (χ1v) is 4.60. The van der Waals surface area contributed by atoms with Crippen molar-refractivity contribution in [3.05, 3.63) is 29.6 Å². The van der Waals surface area contributed by atoms with Gasteiger partial charge in [-0.1, -0.05) is 19.9 Å². The quantitative estimate of drug-likeness (QED) is 0.667. The van der Waals surface area contributed by atoms with Gasteiger partial charge in [0.1, 0.15) is 0 Å². The summed E-state index contributed by atoms with van der Waals surface area (Å²) in [6.07, 6.45) is 4.23. The summed E-state index contributed by atoms with van der Waals surface area (Å²) in [5.41, 5.74) is 2.57. The molecule has 0 unspecified atom stereocenters. The van der Waals surface area contributed by atoms with Crippen LogP contribution < -0.4 is 0 Å². The van der Waals surface area contributed by atoms with Crippen molar-refractivity contribution in [1.29, 1.82) is 0 Å². The average Bonchev–Trinajstić information content (AvgIpc) is 2.03. The molecule has 0 bridgehead atoms. The van der Waals surface area contributed by atoms with Gasteiger partial charge in [-0.05, 0) is 37.3 Å². The average molecular weight is 163 g/mol. The fourth-order valence-electron chi connectivity index (χ4n) is 1.21. The molecule has 0 spiro atoms. The van der Waals surface area contributed by atoms with Crippen LogP contribution in [0.4, 0.5) is 0 Å². The Hall–Kier alpha value is -0.850. The van der Waals surface area contributed by atoms with Crippen LogP contribution >= 0.6 is 0 Å². The Bertz CT molecular complexity index is 241. The topological polar surface area (TPSA) is 12.9 Å². The Kier molecular flexibility index (Phi) is 3.27. The molecule has 0 atom stereocenters. The van der Waals surface area contributed by atoms with Gasteiger partial charge in [0.25, 0.3) is 0 Å². The Labute approximate surface area is 74.8 Å². The van der Waals surface area contributed by atoms with E-state index in [4.69, 9.17) is 0 Å². The molecule has 0 aliphatic rings. The molecule has 0 saturated carbocycles. The molecule has 0 aliphatic carbocycles. The molecule has 12 heavy (non-hydrogen) atoms. The molecule has 0 aliphatic heterocycles. The second-order valence-electron chi connectivity index (χ2n) is 3.70. The largest absolute Gasteiger partial charge is 0.261 e. The zero-order valence-electron chi connectivity index (χ0n) is 8.17. The van der Waals surface area contributed by atoms with Gasteiger partial charge in [-0.2, -0.15) is 0 Å². The van der Waals surface area contributed by atoms with Crippen LogP contribution in [0, 0.1) is 12.8 Å². The molecule has 66 valence electrons. The van der Waals surface area contributed by atoms with Crippen LogP contribution in [0.25, 0.3) is 0 Å². The highest BCUT2D eigenvalue weighted by molar-refractivity contribution is 5.17. The molecule has 1 aromatic heterocycles. The molecule has 0 aromatic carbocycles. The number of hydrogen-bond acceptors (Lipinski definition) is 1. The van der Waals surface area contributed by atoms with E-state index >= 15 is 0 Å². The molecule has 0 N–H and O–H groups in total. The van der Waals surface area contributed by atoms with Crippen molar-refractivity contribution in [1.82, 2.24) is 4.98 Å². The number of nitrogens with zero attached hydrogens (tertiary/aromatic N) is 1. The third-order valence-corrected chi connectivity index (χ3v) is 2.08. The Morgan fingerprint density at radius 1 is 1.42 bits per heavy atom. The summed E-state index contributed by atoms with van der Waals surface area (Å²) in [5.74, 6) is 0.770. The minimum atomic E-state index is 0.770. The van der Waals surface area contributed by atoms with Gasteiger partial charge >= 0.3 is 0 Å². The van der Waals surface area contributed by atoms with Crippen molar-refractivity contribution in [2.45, 2.75) is 33.6 Å². The summed E-state index contributed by atoms with van der Waals surface area (Å²) in [6.45, 7) is 6.62. The lowest BCUT2D eigenvalue weighted by molar-refractivity contribution is 0.580. The maximum absolute atomic E-state index is 4.35. The summed E-state index contributed by atoms with van der Waals surface area (Å²) in [7, 11) is 0.